The number of hydrogen-bond acceptors (Lipinski definition) is 2. The molecular formula is C17H20F18INOS. The molecule has 0 bridgehead atoms. The summed E-state index contributed by atoms with van der Waals surface area (Å²) in [5.74, 6) is -57.8. The van der Waals surface area contributed by atoms with Gasteiger partial charge in [0, 0.05) is 5.75 Å². The summed E-state index contributed by atoms with van der Waals surface area (Å²) in [5.41, 5.74) is -3.31. The van der Waals surface area contributed by atoms with Gasteiger partial charge in [-0.2, -0.15) is 74.6 Å². The normalized spacial score (nSPS) is 16.2. The van der Waals surface area contributed by atoms with Gasteiger partial charge in [0.15, 0.2) is 5.50 Å². The highest BCUT2D eigenvalue weighted by Crippen LogP contribution is 2.64. The molecule has 0 saturated carbocycles. The Balaban J connectivity index is 0. The van der Waals surface area contributed by atoms with E-state index in [9.17, 15) is 79.0 Å². The van der Waals surface area contributed by atoms with Gasteiger partial charge in [-0.1, -0.05) is 0 Å². The number of quaternary nitrogens is 1. The standard InChI is InChI=1S/C17H20F18NOS.HI/c1-36(2,3)4-5-37-6-7-38-9(18)8-10(19,20)11(21,22)12(23,24)13(25,26)14(27,28)15(29,30)16(31,32)17(33,34)35;/h9H,4-8H2,1-3H3;1H/q+1;/p-1. The molecule has 0 aromatic rings. The van der Waals surface area contributed by atoms with Gasteiger partial charge in [-0.25, -0.2) is 4.39 Å². The zero-order valence-corrected chi connectivity index (χ0v) is 22.5. The average molecular weight is 755 g/mol. The molecule has 0 radical (unpaired) electrons. The Morgan fingerprint density at radius 1 is 0.590 bits per heavy atom. The van der Waals surface area contributed by atoms with Crippen LogP contribution in [0.5, 0.6) is 0 Å². The van der Waals surface area contributed by atoms with Gasteiger partial charge in [0.25, 0.3) is 0 Å². The summed E-state index contributed by atoms with van der Waals surface area (Å²) >= 11 is -0.323. The number of hydrogen-bond donors (Lipinski definition) is 0. The molecule has 0 aromatic heterocycles. The number of alkyl halides is 18. The fraction of sp³-hybridized carbons (Fsp3) is 1.00. The van der Waals surface area contributed by atoms with E-state index in [-0.39, 0.29) is 42.3 Å². The van der Waals surface area contributed by atoms with E-state index in [0.717, 1.165) is 0 Å². The molecule has 0 saturated heterocycles. The summed E-state index contributed by atoms with van der Waals surface area (Å²) in [6, 6.07) is 0. The van der Waals surface area contributed by atoms with E-state index < -0.39 is 71.9 Å². The Morgan fingerprint density at radius 3 is 1.31 bits per heavy atom. The van der Waals surface area contributed by atoms with Crippen LogP contribution in [-0.2, 0) is 4.74 Å². The third-order valence-corrected chi connectivity index (χ3v) is 5.57. The van der Waals surface area contributed by atoms with Gasteiger partial charge in [-0.15, -0.1) is 11.8 Å². The summed E-state index contributed by atoms with van der Waals surface area (Å²) in [6.45, 7) is -0.0470. The van der Waals surface area contributed by atoms with Crippen molar-refractivity contribution >= 4 is 11.8 Å². The Morgan fingerprint density at radius 2 is 0.949 bits per heavy atom. The number of rotatable bonds is 15. The van der Waals surface area contributed by atoms with E-state index in [2.05, 4.69) is 0 Å². The molecule has 0 rings (SSSR count). The van der Waals surface area contributed by atoms with Gasteiger partial charge in [0.2, 0.25) is 0 Å². The SMILES string of the molecule is C[N+](C)(C)CCOCCSC(F)CC(F)(F)C(F)(F)C(F)(F)C(F)(F)C(F)(F)C(F)(F)C(F)(F)C(F)(F)F.[I-]. The van der Waals surface area contributed by atoms with Crippen molar-refractivity contribution in [3.05, 3.63) is 0 Å². The van der Waals surface area contributed by atoms with E-state index in [1.807, 2.05) is 0 Å². The molecular weight excluding hydrogens is 735 g/mol. The predicted molar refractivity (Wildman–Crippen MR) is 96.4 cm³/mol. The number of likely N-dealkylation sites (N-methyl/N-ethyl adjacent to an activating group) is 1. The Hall–Kier alpha value is -0.260. The smallest absolute Gasteiger partial charge is 0.460 e. The van der Waals surface area contributed by atoms with Gasteiger partial charge < -0.3 is 33.2 Å². The molecule has 22 heteroatoms. The van der Waals surface area contributed by atoms with Crippen LogP contribution in [-0.4, -0.2) is 104 Å². The molecule has 0 aliphatic rings. The third kappa shape index (κ3) is 7.98. The van der Waals surface area contributed by atoms with E-state index in [4.69, 9.17) is 4.74 Å². The molecule has 0 N–H and O–H groups in total. The molecule has 1 unspecified atom stereocenters. The maximum absolute atomic E-state index is 13.7. The molecule has 39 heavy (non-hydrogen) atoms. The molecule has 0 aliphatic heterocycles. The second kappa shape index (κ2) is 12.5. The quantitative estimate of drug-likeness (QED) is 0.108. The van der Waals surface area contributed by atoms with Crippen molar-refractivity contribution in [3.8, 4) is 0 Å². The van der Waals surface area contributed by atoms with E-state index in [1.54, 1.807) is 21.1 Å². The molecule has 2 nitrogen and oxygen atoms in total. The Kier molecular flexibility index (Phi) is 13.1. The maximum atomic E-state index is 13.7. The highest BCUT2D eigenvalue weighted by molar-refractivity contribution is 7.99. The fourth-order valence-electron chi connectivity index (χ4n) is 2.26. The monoisotopic (exact) mass is 755 g/mol. The van der Waals surface area contributed by atoms with Crippen molar-refractivity contribution < 1.29 is 112 Å². The maximum Gasteiger partial charge on any atom is 0.460 e. The van der Waals surface area contributed by atoms with Crippen LogP contribution < -0.4 is 24.0 Å². The van der Waals surface area contributed by atoms with Crippen molar-refractivity contribution in [2.24, 2.45) is 0 Å². The lowest BCUT2D eigenvalue weighted by Crippen LogP contribution is -3.00. The molecule has 0 aliphatic carbocycles. The number of nitrogens with zero attached hydrogens (tertiary/aromatic N) is 1. The minimum absolute atomic E-state index is 0. The summed E-state index contributed by atoms with van der Waals surface area (Å²) in [6.07, 6.45) is -10.9. The minimum Gasteiger partial charge on any atom is -1.00 e. The van der Waals surface area contributed by atoms with Crippen molar-refractivity contribution in [3.63, 3.8) is 0 Å². The van der Waals surface area contributed by atoms with Crippen molar-refractivity contribution in [1.29, 1.82) is 0 Å². The first kappa shape index (κ1) is 40.9. The number of thioether (sulfide) groups is 1. The number of ether oxygens (including phenoxy) is 1. The fourth-order valence-corrected chi connectivity index (χ4v) is 3.06. The first-order chi connectivity index (χ1) is 16.4. The molecule has 0 heterocycles. The molecule has 1 atom stereocenters. The first-order valence-electron chi connectivity index (χ1n) is 9.70. The van der Waals surface area contributed by atoms with Gasteiger partial charge >= 0.3 is 47.6 Å². The topological polar surface area (TPSA) is 9.23 Å². The zero-order chi connectivity index (χ0) is 31.0. The van der Waals surface area contributed by atoms with Crippen LogP contribution in [0.4, 0.5) is 79.0 Å². The lowest BCUT2D eigenvalue weighted by Gasteiger charge is -2.42. The summed E-state index contributed by atoms with van der Waals surface area (Å²) in [7, 11) is 5.16. The van der Waals surface area contributed by atoms with Gasteiger partial charge in [-0.05, 0) is 0 Å². The van der Waals surface area contributed by atoms with Crippen molar-refractivity contribution in [2.45, 2.75) is 59.6 Å². The summed E-state index contributed by atoms with van der Waals surface area (Å²) in [4.78, 5) is 0. The van der Waals surface area contributed by atoms with Crippen molar-refractivity contribution in [2.75, 3.05) is 46.7 Å². The second-order valence-corrected chi connectivity index (χ2v) is 10.0. The average Bonchev–Trinajstić information content (AvgIpc) is 2.67. The lowest BCUT2D eigenvalue weighted by atomic mass is 9.88. The van der Waals surface area contributed by atoms with Crippen LogP contribution in [0.2, 0.25) is 0 Å². The largest absolute Gasteiger partial charge is 1.00 e. The van der Waals surface area contributed by atoms with Crippen LogP contribution >= 0.6 is 11.8 Å². The van der Waals surface area contributed by atoms with Gasteiger partial charge in [-0.3, -0.25) is 0 Å². The molecule has 0 aromatic carbocycles. The minimum atomic E-state index is -8.70. The van der Waals surface area contributed by atoms with E-state index >= 15 is 0 Å². The van der Waals surface area contributed by atoms with Crippen molar-refractivity contribution in [1.82, 2.24) is 0 Å². The van der Waals surface area contributed by atoms with E-state index in [0.29, 0.717) is 11.0 Å². The molecule has 238 valence electrons. The first-order valence-corrected chi connectivity index (χ1v) is 10.8. The zero-order valence-electron chi connectivity index (χ0n) is 19.6. The highest BCUT2D eigenvalue weighted by atomic mass is 127. The predicted octanol–water partition coefficient (Wildman–Crippen LogP) is 4.14. The molecule has 0 spiro atoms. The van der Waals surface area contributed by atoms with E-state index in [1.165, 1.54) is 0 Å². The van der Waals surface area contributed by atoms with Crippen LogP contribution in [0.3, 0.4) is 0 Å². The molecule has 0 fully saturated rings. The van der Waals surface area contributed by atoms with Crippen LogP contribution in [0.1, 0.15) is 6.42 Å². The van der Waals surface area contributed by atoms with Gasteiger partial charge in [0.05, 0.1) is 40.8 Å². The van der Waals surface area contributed by atoms with Crippen LogP contribution in [0.25, 0.3) is 0 Å². The summed E-state index contributed by atoms with van der Waals surface area (Å²) < 4.78 is 243. The molecule has 0 amide bonds. The Bertz CT molecular complexity index is 783. The Labute approximate surface area is 230 Å². The van der Waals surface area contributed by atoms with Gasteiger partial charge in [0.1, 0.15) is 6.54 Å². The van der Waals surface area contributed by atoms with Crippen LogP contribution in [0.15, 0.2) is 0 Å². The summed E-state index contributed by atoms with van der Waals surface area (Å²) in [5, 5.41) is 0. The lowest BCUT2D eigenvalue weighted by molar-refractivity contribution is -0.870. The second-order valence-electron chi connectivity index (χ2n) is 8.76. The highest BCUT2D eigenvalue weighted by Gasteiger charge is 2.95. The third-order valence-electron chi connectivity index (χ3n) is 4.64. The number of halogens is 19. The van der Waals surface area contributed by atoms with Crippen LogP contribution in [0, 0.1) is 0 Å².